The molecule has 582 valence electrons. The van der Waals surface area contributed by atoms with Crippen LogP contribution in [-0.4, -0.2) is 96.7 Å². The van der Waals surface area contributed by atoms with Gasteiger partial charge in [-0.3, -0.25) is 37.3 Å². The maximum atomic E-state index is 13.1. The van der Waals surface area contributed by atoms with Crippen molar-refractivity contribution in [2.75, 3.05) is 39.6 Å². The Morgan fingerprint density at radius 3 is 0.602 bits per heavy atom. The van der Waals surface area contributed by atoms with Crippen molar-refractivity contribution < 1.29 is 80.2 Å². The number of rotatable bonds is 80. The van der Waals surface area contributed by atoms with Gasteiger partial charge < -0.3 is 33.8 Å². The Kier molecular flexibility index (Phi) is 71.9. The predicted octanol–water partition coefficient (Wildman–Crippen LogP) is 23.8. The zero-order valence-corrected chi connectivity index (χ0v) is 65.6. The Hall–Kier alpha value is -1.94. The van der Waals surface area contributed by atoms with Gasteiger partial charge in [-0.05, 0) is 25.7 Å². The number of aliphatic hydroxyl groups excluding tert-OH is 1. The van der Waals surface area contributed by atoms with Crippen LogP contribution in [0.2, 0.25) is 0 Å². The fraction of sp³-hybridized carbons (Fsp3) is 0.949. The van der Waals surface area contributed by atoms with Crippen LogP contribution in [0.25, 0.3) is 0 Å². The van der Waals surface area contributed by atoms with Gasteiger partial charge >= 0.3 is 39.5 Å². The van der Waals surface area contributed by atoms with E-state index in [1.165, 1.54) is 250 Å². The SMILES string of the molecule is CCCCCCCCCCCCCCCCCCCCCCCCC(=O)O[C@H](COC(=O)CCCCCCCCCCCCCCCCCCC)COP(=O)(O)OC[C@@H](O)COP(=O)(O)OC[C@@H](COC(=O)CCCCCCCCCC)OC(=O)CCCCCCCCCCCCC. The number of esters is 4. The van der Waals surface area contributed by atoms with Gasteiger partial charge in [0.1, 0.15) is 19.3 Å². The summed E-state index contributed by atoms with van der Waals surface area (Å²) in [5.74, 6) is -2.11. The Balaban J connectivity index is 5.16. The van der Waals surface area contributed by atoms with E-state index in [0.29, 0.717) is 25.7 Å². The summed E-state index contributed by atoms with van der Waals surface area (Å²) in [5, 5.41) is 10.6. The van der Waals surface area contributed by atoms with E-state index < -0.39 is 97.5 Å². The number of carbonyl (C=O) groups is 4. The highest BCUT2D eigenvalue weighted by Gasteiger charge is 2.30. The number of hydrogen-bond acceptors (Lipinski definition) is 15. The Labute approximate surface area is 600 Å². The summed E-state index contributed by atoms with van der Waals surface area (Å²) in [7, 11) is -9.91. The summed E-state index contributed by atoms with van der Waals surface area (Å²) in [6.07, 6.45) is 65.4. The first-order valence-electron chi connectivity index (χ1n) is 41.3. The molecule has 0 fully saturated rings. The second-order valence-electron chi connectivity index (χ2n) is 28.5. The van der Waals surface area contributed by atoms with Crippen molar-refractivity contribution in [3.63, 3.8) is 0 Å². The molecule has 0 aliphatic carbocycles. The van der Waals surface area contributed by atoms with E-state index in [1.54, 1.807) is 0 Å². The third kappa shape index (κ3) is 72.4. The molecular weight excluding hydrogens is 1280 g/mol. The third-order valence-electron chi connectivity index (χ3n) is 18.6. The van der Waals surface area contributed by atoms with Crippen LogP contribution in [0.15, 0.2) is 0 Å². The molecule has 0 aromatic heterocycles. The fourth-order valence-corrected chi connectivity index (χ4v) is 13.9. The molecule has 0 saturated heterocycles. The van der Waals surface area contributed by atoms with Crippen LogP contribution in [0, 0.1) is 0 Å². The summed E-state index contributed by atoms with van der Waals surface area (Å²) < 4.78 is 68.5. The molecule has 0 heterocycles. The normalized spacial score (nSPS) is 13.8. The van der Waals surface area contributed by atoms with E-state index in [0.717, 1.165) is 96.3 Å². The lowest BCUT2D eigenvalue weighted by Crippen LogP contribution is -2.30. The fourth-order valence-electron chi connectivity index (χ4n) is 12.3. The van der Waals surface area contributed by atoms with E-state index in [-0.39, 0.29) is 25.7 Å². The molecule has 3 N–H and O–H groups in total. The molecule has 17 nitrogen and oxygen atoms in total. The van der Waals surface area contributed by atoms with Crippen molar-refractivity contribution in [3.05, 3.63) is 0 Å². The summed E-state index contributed by atoms with van der Waals surface area (Å²) in [6, 6.07) is 0. The maximum Gasteiger partial charge on any atom is 0.472 e. The van der Waals surface area contributed by atoms with E-state index in [2.05, 4.69) is 27.7 Å². The Morgan fingerprint density at radius 2 is 0.408 bits per heavy atom. The van der Waals surface area contributed by atoms with Crippen molar-refractivity contribution in [2.45, 2.75) is 444 Å². The molecule has 0 aliphatic rings. The van der Waals surface area contributed by atoms with Gasteiger partial charge in [-0.15, -0.1) is 0 Å². The van der Waals surface area contributed by atoms with Crippen LogP contribution < -0.4 is 0 Å². The largest absolute Gasteiger partial charge is 0.472 e. The number of phosphoric ester groups is 2. The van der Waals surface area contributed by atoms with Crippen molar-refractivity contribution in [1.82, 2.24) is 0 Å². The smallest absolute Gasteiger partial charge is 0.462 e. The molecule has 5 atom stereocenters. The predicted molar refractivity (Wildman–Crippen MR) is 400 cm³/mol. The number of phosphoric acid groups is 2. The lowest BCUT2D eigenvalue weighted by atomic mass is 10.0. The number of hydrogen-bond donors (Lipinski definition) is 3. The Morgan fingerprint density at radius 1 is 0.245 bits per heavy atom. The van der Waals surface area contributed by atoms with Gasteiger partial charge in [0.05, 0.1) is 26.4 Å². The molecule has 0 aliphatic heterocycles. The van der Waals surface area contributed by atoms with Gasteiger partial charge in [0.25, 0.3) is 0 Å². The van der Waals surface area contributed by atoms with Gasteiger partial charge in [-0.2, -0.15) is 0 Å². The van der Waals surface area contributed by atoms with E-state index in [9.17, 15) is 43.2 Å². The monoisotopic (exact) mass is 1440 g/mol. The van der Waals surface area contributed by atoms with Crippen molar-refractivity contribution in [3.8, 4) is 0 Å². The quantitative estimate of drug-likeness (QED) is 0.0222. The molecule has 0 aromatic rings. The van der Waals surface area contributed by atoms with Crippen molar-refractivity contribution >= 4 is 39.5 Å². The average Bonchev–Trinajstić information content (AvgIpc) is 1.04. The molecule has 0 amide bonds. The average molecular weight is 1440 g/mol. The number of aliphatic hydroxyl groups is 1. The Bertz CT molecular complexity index is 1860. The van der Waals surface area contributed by atoms with Gasteiger partial charge in [0, 0.05) is 25.7 Å². The number of ether oxygens (including phenoxy) is 4. The van der Waals surface area contributed by atoms with Crippen LogP contribution in [0.4, 0.5) is 0 Å². The second-order valence-corrected chi connectivity index (χ2v) is 31.4. The molecule has 0 bridgehead atoms. The van der Waals surface area contributed by atoms with Crippen LogP contribution in [0.5, 0.6) is 0 Å². The minimum absolute atomic E-state index is 0.107. The molecule has 0 rings (SSSR count). The highest BCUT2D eigenvalue weighted by molar-refractivity contribution is 7.47. The molecule has 0 aromatic carbocycles. The second kappa shape index (κ2) is 73.4. The van der Waals surface area contributed by atoms with E-state index >= 15 is 0 Å². The summed E-state index contributed by atoms with van der Waals surface area (Å²) in [4.78, 5) is 72.8. The molecule has 19 heteroatoms. The molecule has 2 unspecified atom stereocenters. The minimum Gasteiger partial charge on any atom is -0.462 e. The number of unbranched alkanes of at least 4 members (excludes halogenated alkanes) is 54. The van der Waals surface area contributed by atoms with Crippen LogP contribution in [0.3, 0.4) is 0 Å². The van der Waals surface area contributed by atoms with Crippen molar-refractivity contribution in [2.24, 2.45) is 0 Å². The first kappa shape index (κ1) is 96.1. The first-order valence-corrected chi connectivity index (χ1v) is 44.3. The third-order valence-corrected chi connectivity index (χ3v) is 20.5. The summed E-state index contributed by atoms with van der Waals surface area (Å²) >= 11 is 0. The molecule has 0 saturated carbocycles. The summed E-state index contributed by atoms with van der Waals surface area (Å²) in [6.45, 7) is 4.97. The van der Waals surface area contributed by atoms with Gasteiger partial charge in [0.2, 0.25) is 0 Å². The minimum atomic E-state index is -4.96. The van der Waals surface area contributed by atoms with E-state index in [4.69, 9.17) is 37.0 Å². The molecule has 0 spiro atoms. The van der Waals surface area contributed by atoms with Crippen molar-refractivity contribution in [1.29, 1.82) is 0 Å². The summed E-state index contributed by atoms with van der Waals surface area (Å²) in [5.41, 5.74) is 0. The highest BCUT2D eigenvalue weighted by Crippen LogP contribution is 2.45. The van der Waals surface area contributed by atoms with Gasteiger partial charge in [-0.1, -0.05) is 374 Å². The molecular formula is C79H154O17P2. The van der Waals surface area contributed by atoms with E-state index in [1.807, 2.05) is 0 Å². The lowest BCUT2D eigenvalue weighted by Gasteiger charge is -2.21. The van der Waals surface area contributed by atoms with Gasteiger partial charge in [0.15, 0.2) is 12.2 Å². The van der Waals surface area contributed by atoms with Gasteiger partial charge in [-0.25, -0.2) is 9.13 Å². The lowest BCUT2D eigenvalue weighted by molar-refractivity contribution is -0.161. The highest BCUT2D eigenvalue weighted by atomic mass is 31.2. The first-order chi connectivity index (χ1) is 47.7. The standard InChI is InChI=1S/C79H154O17P2/c1-5-9-13-17-21-25-28-30-32-34-35-36-37-38-40-42-44-47-50-54-58-62-66-79(84)96-75(70-90-77(82)64-60-56-52-48-46-43-41-39-33-31-29-26-22-18-14-10-6-2)72-94-98(87,88)92-68-73(80)67-91-97(85,86)93-71-74(69-89-76(81)63-59-55-51-24-20-16-12-8-4)95-78(83)65-61-57-53-49-45-27-23-19-15-11-7-3/h73-75,80H,5-72H2,1-4H3,(H,85,86)(H,87,88)/t73-,74+,75+/m0/s1. The number of carbonyl (C=O) groups excluding carboxylic acids is 4. The van der Waals surface area contributed by atoms with Crippen LogP contribution in [0.1, 0.15) is 426 Å². The zero-order valence-electron chi connectivity index (χ0n) is 63.8. The van der Waals surface area contributed by atoms with Crippen LogP contribution >= 0.6 is 15.6 Å². The van der Waals surface area contributed by atoms with Crippen LogP contribution in [-0.2, 0) is 65.4 Å². The zero-order chi connectivity index (χ0) is 71.8. The molecule has 98 heavy (non-hydrogen) atoms. The molecule has 0 radical (unpaired) electrons. The maximum absolute atomic E-state index is 13.1. The topological polar surface area (TPSA) is 237 Å².